The third kappa shape index (κ3) is 24.9. The van der Waals surface area contributed by atoms with Gasteiger partial charge in [0.2, 0.25) is 20.0 Å². The predicted molar refractivity (Wildman–Crippen MR) is 526 cm³/mol. The average molecular weight is 2030 g/mol. The second-order valence-electron chi connectivity index (χ2n) is 40.4. The number of H-pyrrole nitrogens is 1. The molecule has 7 fully saturated rings. The summed E-state index contributed by atoms with van der Waals surface area (Å²) in [4.78, 5) is 105. The first-order valence-corrected chi connectivity index (χ1v) is 52.6. The molecule has 11 heterocycles. The fourth-order valence-corrected chi connectivity index (χ4v) is 25.3. The number of carbonyl (C=O) groups excluding carboxylic acids is 5. The number of hydrazine groups is 1. The summed E-state index contributed by atoms with van der Waals surface area (Å²) in [7, 11) is -17.0. The van der Waals surface area contributed by atoms with Crippen LogP contribution in [0.25, 0.3) is 33.6 Å². The van der Waals surface area contributed by atoms with Gasteiger partial charge in [-0.25, -0.2) is 99.9 Å². The van der Waals surface area contributed by atoms with E-state index >= 15 is 0 Å². The number of anilines is 5. The van der Waals surface area contributed by atoms with Crippen molar-refractivity contribution in [2.75, 3.05) is 77.8 Å². The number of nitrogens with two attached hydrogens (primary N) is 1. The number of nitrogens with one attached hydrogen (secondary N) is 6. The molecule has 1 saturated carbocycles. The summed E-state index contributed by atoms with van der Waals surface area (Å²) in [5.41, 5.74) is 10.7. The van der Waals surface area contributed by atoms with Crippen molar-refractivity contribution < 1.29 is 94.2 Å². The van der Waals surface area contributed by atoms with Gasteiger partial charge in [0.05, 0.1) is 70.4 Å². The van der Waals surface area contributed by atoms with Gasteiger partial charge in [-0.05, 0) is 275 Å². The zero-order valence-corrected chi connectivity index (χ0v) is 84.4. The Morgan fingerprint density at radius 1 is 0.553 bits per heavy atom. The van der Waals surface area contributed by atoms with Gasteiger partial charge in [-0.1, -0.05) is 47.6 Å². The number of hydrogen-bond donors (Lipinski definition) is 8. The molecule has 4 aromatic carbocycles. The number of nitrogens with zero attached hydrogens (tertiary/aromatic N) is 9. The quantitative estimate of drug-likeness (QED) is 0.0246. The van der Waals surface area contributed by atoms with Gasteiger partial charge < -0.3 is 44.9 Å². The van der Waals surface area contributed by atoms with Crippen LogP contribution in [0.3, 0.4) is 0 Å². The van der Waals surface area contributed by atoms with Crippen LogP contribution in [0.15, 0.2) is 167 Å². The molecule has 42 heteroatoms. The molecule has 141 heavy (non-hydrogen) atoms. The van der Waals surface area contributed by atoms with E-state index < -0.39 is 121 Å². The summed E-state index contributed by atoms with van der Waals surface area (Å²) in [6, 6.07) is 32.1. The lowest BCUT2D eigenvalue weighted by atomic mass is 9.96. The first kappa shape index (κ1) is 106. The smallest absolute Gasteiger partial charge is 0.269 e. The van der Waals surface area contributed by atoms with Crippen LogP contribution in [0.1, 0.15) is 195 Å². The summed E-state index contributed by atoms with van der Waals surface area (Å²) >= 11 is 0. The molecule has 33 nitrogen and oxygen atoms in total. The number of phenolic OH excluding ortho intramolecular Hbond substituents is 1. The van der Waals surface area contributed by atoms with Crippen LogP contribution >= 0.6 is 0 Å². The van der Waals surface area contributed by atoms with Crippen molar-refractivity contribution >= 4 is 98.6 Å². The van der Waals surface area contributed by atoms with E-state index in [-0.39, 0.29) is 91.7 Å². The molecule has 758 valence electrons. The summed E-state index contributed by atoms with van der Waals surface area (Å²) in [5.74, 6) is -3.17. The molecule has 1 aliphatic carbocycles. The number of aromatic hydroxyl groups is 1. The van der Waals surface area contributed by atoms with Gasteiger partial charge in [-0.3, -0.25) is 33.8 Å². The van der Waals surface area contributed by atoms with Crippen LogP contribution in [0.2, 0.25) is 0 Å². The van der Waals surface area contributed by atoms with Gasteiger partial charge in [0, 0.05) is 103 Å². The van der Waals surface area contributed by atoms with Crippen molar-refractivity contribution in [3.8, 4) is 45.1 Å². The number of halogens is 5. The maximum Gasteiger partial charge on any atom is 0.269 e. The van der Waals surface area contributed by atoms with E-state index in [1.165, 1.54) is 97.5 Å². The molecule has 0 radical (unpaired) electrons. The number of ether oxygens (including phenoxy) is 2. The number of amides is 5. The Labute approximate surface area is 818 Å². The Morgan fingerprint density at radius 3 is 1.56 bits per heavy atom. The van der Waals surface area contributed by atoms with Crippen LogP contribution < -0.4 is 59.9 Å². The maximum atomic E-state index is 14.6. The molecule has 5 unspecified atom stereocenters. The van der Waals surface area contributed by atoms with E-state index in [9.17, 15) is 89.5 Å². The van der Waals surface area contributed by atoms with E-state index in [0.717, 1.165) is 66.9 Å². The molecule has 7 aliphatic rings. The van der Waals surface area contributed by atoms with Gasteiger partial charge in [0.25, 0.3) is 61.6 Å². The number of fused-ring (bicyclic) bond motifs is 2. The Hall–Kier alpha value is -12.3. The highest BCUT2D eigenvalue weighted by Gasteiger charge is 2.50. The number of benzene rings is 4. The van der Waals surface area contributed by atoms with Gasteiger partial charge in [-0.2, -0.15) is 0 Å². The van der Waals surface area contributed by atoms with Gasteiger partial charge in [0.15, 0.2) is 10.1 Å². The third-order valence-electron chi connectivity index (χ3n) is 26.0. The van der Waals surface area contributed by atoms with E-state index in [1.54, 1.807) is 43.3 Å². The number of sulfonamides is 4. The number of nitrogen functional groups attached to an aromatic ring is 1. The zero-order chi connectivity index (χ0) is 103. The number of rotatable bonds is 25. The number of hydrogen-bond acceptors (Lipinski definition) is 27. The summed E-state index contributed by atoms with van der Waals surface area (Å²) in [6.07, 6.45) is 6.34. The summed E-state index contributed by atoms with van der Waals surface area (Å²) in [6.45, 7) is 33.4. The predicted octanol–water partition coefficient (Wildman–Crippen LogP) is 13.9. The van der Waals surface area contributed by atoms with Crippen molar-refractivity contribution in [2.45, 2.75) is 210 Å². The highest BCUT2D eigenvalue weighted by Crippen LogP contribution is 2.46. The van der Waals surface area contributed by atoms with E-state index in [1.807, 2.05) is 85.6 Å². The van der Waals surface area contributed by atoms with E-state index in [4.69, 9.17) is 20.2 Å². The Balaban J connectivity index is 0.000000159. The molecule has 6 aliphatic heterocycles. The molecule has 0 spiro atoms. The number of carbonyl (C=O) groups is 5. The largest absolute Gasteiger partial charge is 0.508 e. The number of aromatic amines is 1. The Morgan fingerprint density at radius 2 is 1.04 bits per heavy atom. The van der Waals surface area contributed by atoms with Crippen molar-refractivity contribution in [3.63, 3.8) is 0 Å². The Kier molecular flexibility index (Phi) is 31.7. The fraction of sp³-hybridized carbons (Fsp3) is 0.455. The number of phenols is 1. The number of aromatic nitrogens is 5. The number of piperidine rings is 1. The summed E-state index contributed by atoms with van der Waals surface area (Å²) < 4.78 is 191. The molecular weight excluding hydrogens is 1910 g/mol. The van der Waals surface area contributed by atoms with Crippen molar-refractivity contribution in [2.24, 2.45) is 35.5 Å². The molecule has 2 bridgehead atoms. The first-order valence-electron chi connectivity index (χ1n) is 46.5. The van der Waals surface area contributed by atoms with Crippen molar-refractivity contribution in [1.82, 2.24) is 54.2 Å². The summed E-state index contributed by atoms with van der Waals surface area (Å²) in [5, 5.41) is 8.54. The number of alkyl halides is 2. The van der Waals surface area contributed by atoms with Gasteiger partial charge in [-0.15, -0.1) is 0 Å². The first-order chi connectivity index (χ1) is 66.0. The van der Waals surface area contributed by atoms with Crippen LogP contribution in [0.5, 0.6) is 11.5 Å². The Bertz CT molecular complexity index is 6760. The van der Waals surface area contributed by atoms with E-state index in [0.29, 0.717) is 126 Å². The SMILES string of the molecule is CC(C)COc1cc(F)cc(-c2ccc(C(=O)NS(=O)(=O)C3CC4CC3CO4)c(N3C[C@H](C)CC3(C)C)c2)c1.CC1CN(c2ncccc2C(=O)NS(=O)(=O)C2CCCN(NCC(F)F)C2=O)C(C)(C)C1.C[C@@H]1CN(c2nc(-c3cc(O)cc(F)c3)ccc2C(=O)NS(=O)(=O)c2cccnc2N)C(C)(C)C1.Cc1cc(F)cc(-c2ccc(C(=O)NS(=O)(=O)c3ccc[nH]c3=O)c(N3C[C@@H](C)CC3(C)C)n2)c1. The lowest BCUT2D eigenvalue weighted by molar-refractivity contribution is -0.136. The normalized spacial score (nSPS) is 21.1. The van der Waals surface area contributed by atoms with Crippen molar-refractivity contribution in [3.05, 3.63) is 208 Å². The highest BCUT2D eigenvalue weighted by molar-refractivity contribution is 7.91. The van der Waals surface area contributed by atoms with Gasteiger partial charge in [0.1, 0.15) is 57.1 Å². The molecule has 8 atom stereocenters. The second kappa shape index (κ2) is 42.1. The molecule has 9 aromatic rings. The molecule has 9 N–H and O–H groups in total. The topological polar surface area (TPSA) is 447 Å². The standard InChI is InChI=1S/C30H39FN2O5S.C25H27FN4O4S.C24H26FN5O4S.C20H29F2N5O4S/c1-18(2)16-37-24-9-21(8-23(31)12-24)20-6-7-26(27(11-20)33-15-19(3)14-30(33,4)5)29(34)32-39(35,36)28-13-25-10-22(28)17-38-25;1-15-10-17(12-18(26)11-15)20-8-7-19(22(28-20)30-14-16(2)13-25(30,3)4)23(31)29-35(33,34)21-6-5-9-27-24(21)32;1-14-12-24(2,3)30(13-14)22-18(6-7-19(28-22)15-9-16(25)11-17(31)10-15)23(32)29-35(33,34)20-5-4-8-27-21(20)26;1-13-10-20(2,3)26(12-13)17-14(6-4-8-23-17)18(28)25-32(30,31)15-7-5-9-27(19(15)29)24-11-16(21)22/h6-9,11-12,18-19,22,25,28H,10,13-17H2,1-5H3,(H,32,34);5-12,16H,13-14H2,1-4H3,(H,27,32)(H,29,31);4-11,14,31H,12-13H2,1-3H3,(H2,26,27)(H,29,32);4,6,8,13,15-16,24H,5,7,9-12H2,1-3H3,(H,25,28)/t19-,22?,25?,28?;16-;14-;/m100./s1. The maximum absolute atomic E-state index is 14.6. The van der Waals surface area contributed by atoms with Crippen molar-refractivity contribution in [1.29, 1.82) is 0 Å². The lowest BCUT2D eigenvalue weighted by Gasteiger charge is -2.35. The van der Waals surface area contributed by atoms with Gasteiger partial charge >= 0.3 is 0 Å². The highest BCUT2D eigenvalue weighted by atomic mass is 32.2. The lowest BCUT2D eigenvalue weighted by Crippen LogP contribution is -2.56. The zero-order valence-electron chi connectivity index (χ0n) is 81.1. The van der Waals surface area contributed by atoms with Crippen LogP contribution in [-0.4, -0.2) is 196 Å². The number of aryl methyl sites for hydroxylation is 1. The molecule has 5 aromatic heterocycles. The average Bonchev–Trinajstić information content (AvgIpc) is 1.67. The monoisotopic (exact) mass is 2030 g/mol. The molecule has 6 saturated heterocycles. The molecular formula is C99H121F5N16O17S4. The minimum atomic E-state index is -4.43. The molecule has 16 rings (SSSR count). The number of pyridine rings is 5. The van der Waals surface area contributed by atoms with Crippen LogP contribution in [-0.2, 0) is 49.6 Å². The fourth-order valence-electron chi connectivity index (χ4n) is 20.2. The van der Waals surface area contributed by atoms with E-state index in [2.05, 4.69) is 81.2 Å². The van der Waals surface area contributed by atoms with Crippen LogP contribution in [0.4, 0.5) is 50.9 Å². The second-order valence-corrected chi connectivity index (χ2v) is 47.5. The minimum Gasteiger partial charge on any atom is -0.508 e. The molecule has 5 amide bonds. The third-order valence-corrected chi connectivity index (χ3v) is 32.2. The minimum absolute atomic E-state index is 0.00905. The van der Waals surface area contributed by atoms with Crippen LogP contribution in [0, 0.1) is 59.9 Å².